The van der Waals surface area contributed by atoms with Crippen LogP contribution < -0.4 is 11.1 Å². The first kappa shape index (κ1) is 10.0. The predicted molar refractivity (Wildman–Crippen MR) is 53.1 cm³/mol. The quantitative estimate of drug-likeness (QED) is 0.632. The summed E-state index contributed by atoms with van der Waals surface area (Å²) in [6, 6.07) is 1.05. The highest BCUT2D eigenvalue weighted by Crippen LogP contribution is 2.16. The molecule has 0 radical (unpaired) electrons. The van der Waals surface area contributed by atoms with Gasteiger partial charge in [-0.25, -0.2) is 0 Å². The summed E-state index contributed by atoms with van der Waals surface area (Å²) >= 11 is 0. The summed E-state index contributed by atoms with van der Waals surface area (Å²) in [6.45, 7) is 3.04. The molecule has 1 fully saturated rings. The third-order valence-electron chi connectivity index (χ3n) is 2.58. The van der Waals surface area contributed by atoms with Crippen LogP contribution in [0.1, 0.15) is 45.4 Å². The summed E-state index contributed by atoms with van der Waals surface area (Å²) in [4.78, 5) is 0. The average molecular weight is 170 g/mol. The molecule has 0 spiro atoms. The van der Waals surface area contributed by atoms with E-state index in [0.717, 1.165) is 12.6 Å². The van der Waals surface area contributed by atoms with Crippen LogP contribution in [0.3, 0.4) is 0 Å². The summed E-state index contributed by atoms with van der Waals surface area (Å²) in [5, 5.41) is 3.54. The Kier molecular flexibility index (Phi) is 4.62. The van der Waals surface area contributed by atoms with E-state index in [0.29, 0.717) is 6.04 Å². The Morgan fingerprint density at radius 1 is 1.25 bits per heavy atom. The van der Waals surface area contributed by atoms with Gasteiger partial charge in [-0.1, -0.05) is 25.7 Å². The van der Waals surface area contributed by atoms with Crippen LogP contribution >= 0.6 is 0 Å². The largest absolute Gasteiger partial charge is 0.327 e. The van der Waals surface area contributed by atoms with Crippen LogP contribution in [-0.4, -0.2) is 18.6 Å². The first-order valence-electron chi connectivity index (χ1n) is 5.28. The van der Waals surface area contributed by atoms with E-state index in [-0.39, 0.29) is 0 Å². The molecule has 2 nitrogen and oxygen atoms in total. The van der Waals surface area contributed by atoms with Crippen LogP contribution in [0, 0.1) is 0 Å². The van der Waals surface area contributed by atoms with Crippen LogP contribution in [0.25, 0.3) is 0 Å². The molecule has 1 rings (SSSR count). The lowest BCUT2D eigenvalue weighted by molar-refractivity contribution is 0.445. The van der Waals surface area contributed by atoms with Crippen LogP contribution in [0.2, 0.25) is 0 Å². The maximum absolute atomic E-state index is 5.69. The highest BCUT2D eigenvalue weighted by atomic mass is 14.9. The van der Waals surface area contributed by atoms with Gasteiger partial charge in [0.25, 0.3) is 0 Å². The Morgan fingerprint density at radius 3 is 2.33 bits per heavy atom. The van der Waals surface area contributed by atoms with Crippen molar-refractivity contribution in [2.45, 2.75) is 57.5 Å². The van der Waals surface area contributed by atoms with Crippen LogP contribution in [0.15, 0.2) is 0 Å². The molecule has 0 saturated heterocycles. The molecule has 0 heterocycles. The van der Waals surface area contributed by atoms with Crippen molar-refractivity contribution in [3.63, 3.8) is 0 Å². The summed E-state index contributed by atoms with van der Waals surface area (Å²) < 4.78 is 0. The van der Waals surface area contributed by atoms with Gasteiger partial charge in [-0.05, 0) is 19.8 Å². The van der Waals surface area contributed by atoms with E-state index in [1.165, 1.54) is 38.5 Å². The molecule has 0 bridgehead atoms. The molecule has 1 atom stereocenters. The summed E-state index contributed by atoms with van der Waals surface area (Å²) in [7, 11) is 0. The lowest BCUT2D eigenvalue weighted by Gasteiger charge is -2.17. The van der Waals surface area contributed by atoms with E-state index >= 15 is 0 Å². The summed E-state index contributed by atoms with van der Waals surface area (Å²) in [5.74, 6) is 0. The molecule has 72 valence electrons. The maximum atomic E-state index is 5.69. The average Bonchev–Trinajstić information content (AvgIpc) is 2.28. The van der Waals surface area contributed by atoms with Crippen LogP contribution in [0.5, 0.6) is 0 Å². The Hall–Kier alpha value is -0.0800. The second-order valence-electron chi connectivity index (χ2n) is 4.07. The van der Waals surface area contributed by atoms with Gasteiger partial charge in [0, 0.05) is 18.6 Å². The number of nitrogens with one attached hydrogen (secondary N) is 1. The standard InChI is InChI=1S/C10H22N2/c1-9(11)8-12-10-6-4-2-3-5-7-10/h9-10,12H,2-8,11H2,1H3/t9-/m0/s1. The molecule has 12 heavy (non-hydrogen) atoms. The molecule has 0 aromatic heterocycles. The molecule has 0 aliphatic heterocycles. The third kappa shape index (κ3) is 4.07. The van der Waals surface area contributed by atoms with Gasteiger partial charge in [0.15, 0.2) is 0 Å². The molecule has 0 aromatic rings. The lowest BCUT2D eigenvalue weighted by atomic mass is 10.1. The first-order valence-corrected chi connectivity index (χ1v) is 5.28. The molecular weight excluding hydrogens is 148 g/mol. The number of hydrogen-bond acceptors (Lipinski definition) is 2. The Bertz CT molecular complexity index is 104. The summed E-state index contributed by atoms with van der Waals surface area (Å²) in [6.07, 6.45) is 8.36. The number of nitrogens with two attached hydrogens (primary N) is 1. The van der Waals surface area contributed by atoms with Crippen molar-refractivity contribution in [3.05, 3.63) is 0 Å². The van der Waals surface area contributed by atoms with E-state index in [1.807, 2.05) is 0 Å². The van der Waals surface area contributed by atoms with E-state index in [9.17, 15) is 0 Å². The lowest BCUT2D eigenvalue weighted by Crippen LogP contribution is -2.37. The van der Waals surface area contributed by atoms with E-state index in [1.54, 1.807) is 0 Å². The Morgan fingerprint density at radius 2 is 1.83 bits per heavy atom. The zero-order chi connectivity index (χ0) is 8.81. The highest BCUT2D eigenvalue weighted by Gasteiger charge is 2.11. The normalized spacial score (nSPS) is 23.5. The molecule has 1 aliphatic rings. The molecular formula is C10H22N2. The van der Waals surface area contributed by atoms with E-state index < -0.39 is 0 Å². The minimum absolute atomic E-state index is 0.299. The zero-order valence-corrected chi connectivity index (χ0v) is 8.18. The molecule has 1 saturated carbocycles. The minimum atomic E-state index is 0.299. The molecule has 0 unspecified atom stereocenters. The smallest absolute Gasteiger partial charge is 0.0136 e. The van der Waals surface area contributed by atoms with Crippen molar-refractivity contribution in [3.8, 4) is 0 Å². The highest BCUT2D eigenvalue weighted by molar-refractivity contribution is 4.72. The van der Waals surface area contributed by atoms with Crippen molar-refractivity contribution in [1.29, 1.82) is 0 Å². The zero-order valence-electron chi connectivity index (χ0n) is 8.18. The van der Waals surface area contributed by atoms with E-state index in [2.05, 4.69) is 12.2 Å². The van der Waals surface area contributed by atoms with Gasteiger partial charge in [-0.15, -0.1) is 0 Å². The second kappa shape index (κ2) is 5.55. The van der Waals surface area contributed by atoms with E-state index in [4.69, 9.17) is 5.73 Å². The van der Waals surface area contributed by atoms with Crippen molar-refractivity contribution in [2.75, 3.05) is 6.54 Å². The summed E-state index contributed by atoms with van der Waals surface area (Å²) in [5.41, 5.74) is 5.69. The van der Waals surface area contributed by atoms with Gasteiger partial charge >= 0.3 is 0 Å². The maximum Gasteiger partial charge on any atom is 0.0136 e. The monoisotopic (exact) mass is 170 g/mol. The number of hydrogen-bond donors (Lipinski definition) is 2. The molecule has 0 amide bonds. The molecule has 3 N–H and O–H groups in total. The third-order valence-corrected chi connectivity index (χ3v) is 2.58. The SMILES string of the molecule is C[C@H](N)CNC1CCCCCC1. The van der Waals surface area contributed by atoms with Gasteiger partial charge < -0.3 is 11.1 Å². The van der Waals surface area contributed by atoms with Crippen molar-refractivity contribution in [2.24, 2.45) is 5.73 Å². The first-order chi connectivity index (χ1) is 5.79. The van der Waals surface area contributed by atoms with Gasteiger partial charge in [0.2, 0.25) is 0 Å². The van der Waals surface area contributed by atoms with Crippen molar-refractivity contribution >= 4 is 0 Å². The van der Waals surface area contributed by atoms with Crippen LogP contribution in [0.4, 0.5) is 0 Å². The fraction of sp³-hybridized carbons (Fsp3) is 1.00. The van der Waals surface area contributed by atoms with Crippen LogP contribution in [-0.2, 0) is 0 Å². The molecule has 0 aromatic carbocycles. The van der Waals surface area contributed by atoms with Gasteiger partial charge in [0.1, 0.15) is 0 Å². The fourth-order valence-electron chi connectivity index (χ4n) is 1.84. The van der Waals surface area contributed by atoms with Gasteiger partial charge in [0.05, 0.1) is 0 Å². The Labute approximate surface area is 75.9 Å². The fourth-order valence-corrected chi connectivity index (χ4v) is 1.84. The Balaban J connectivity index is 2.12. The van der Waals surface area contributed by atoms with Gasteiger partial charge in [-0.2, -0.15) is 0 Å². The second-order valence-corrected chi connectivity index (χ2v) is 4.07. The molecule has 1 aliphatic carbocycles. The van der Waals surface area contributed by atoms with Gasteiger partial charge in [-0.3, -0.25) is 0 Å². The predicted octanol–water partition coefficient (Wildman–Crippen LogP) is 1.65. The number of rotatable bonds is 3. The van der Waals surface area contributed by atoms with Crippen molar-refractivity contribution in [1.82, 2.24) is 5.32 Å². The minimum Gasteiger partial charge on any atom is -0.327 e. The molecule has 2 heteroatoms. The van der Waals surface area contributed by atoms with Crippen molar-refractivity contribution < 1.29 is 0 Å². The topological polar surface area (TPSA) is 38.0 Å².